The molecule has 8 aromatic rings. The molecule has 0 heterocycles. The second-order valence-electron chi connectivity index (χ2n) is 9.42. The van der Waals surface area contributed by atoms with E-state index in [0.29, 0.717) is 21.9 Å². The van der Waals surface area contributed by atoms with Crippen LogP contribution in [-0.2, 0) is 0 Å². The molecular formula is C40H26. The Bertz CT molecular complexity index is 2910. The third-order valence-electron chi connectivity index (χ3n) is 7.21. The molecule has 0 aliphatic heterocycles. The zero-order chi connectivity index (χ0) is 38.7. The molecule has 0 aliphatic carbocycles. The van der Waals surface area contributed by atoms with E-state index in [1.807, 2.05) is 48.5 Å². The van der Waals surface area contributed by atoms with E-state index in [1.165, 1.54) is 0 Å². The van der Waals surface area contributed by atoms with Crippen LogP contribution in [0.1, 0.15) is 19.2 Å². The summed E-state index contributed by atoms with van der Waals surface area (Å²) in [5.74, 6) is 0. The molecule has 0 aliphatic rings. The van der Waals surface area contributed by atoms with E-state index >= 15 is 0 Å². The summed E-state index contributed by atoms with van der Waals surface area (Å²) in [7, 11) is 0. The number of benzene rings is 8. The van der Waals surface area contributed by atoms with E-state index in [9.17, 15) is 0 Å². The van der Waals surface area contributed by atoms with Crippen molar-refractivity contribution in [3.05, 3.63) is 157 Å². The zero-order valence-electron chi connectivity index (χ0n) is 34.9. The molecule has 0 unspecified atom stereocenters. The van der Waals surface area contributed by atoms with Gasteiger partial charge in [0.05, 0.1) is 19.2 Å². The van der Waals surface area contributed by atoms with E-state index in [4.69, 9.17) is 19.2 Å². The predicted molar refractivity (Wildman–Crippen MR) is 173 cm³/mol. The summed E-state index contributed by atoms with van der Waals surface area (Å²) in [6.45, 7) is 0. The van der Waals surface area contributed by atoms with E-state index in [0.717, 1.165) is 21.9 Å². The largest absolute Gasteiger partial charge is 0.0636 e. The fourth-order valence-electron chi connectivity index (χ4n) is 5.44. The second kappa shape index (κ2) is 9.22. The van der Waals surface area contributed by atoms with Gasteiger partial charge < -0.3 is 0 Å². The number of hydrogen-bond acceptors (Lipinski definition) is 0. The van der Waals surface area contributed by atoms with Crippen molar-refractivity contribution in [2.45, 2.75) is 0 Å². The van der Waals surface area contributed by atoms with Crippen molar-refractivity contribution in [3.63, 3.8) is 0 Å². The molecule has 8 aromatic carbocycles. The SMILES string of the molecule is [2H]c1c([2H])c([2H])c2c([2H])c(-c3ccc(-c4c5ccccc5c(-c5c([2H])c([2H])c([2H])c6c([2H])c([2H])c([2H])c([2H])c56)c5ccccc45)cc3)c([2H])c([2H])c2c1[2H]. The van der Waals surface area contributed by atoms with Crippen LogP contribution in [0.5, 0.6) is 0 Å². The molecule has 0 spiro atoms. The van der Waals surface area contributed by atoms with Gasteiger partial charge in [0, 0.05) is 0 Å². The van der Waals surface area contributed by atoms with E-state index in [-0.39, 0.29) is 50.8 Å². The van der Waals surface area contributed by atoms with Gasteiger partial charge in [-0.3, -0.25) is 0 Å². The number of fused-ring (bicyclic) bond motifs is 4. The fraction of sp³-hybridized carbons (Fsp3) is 0. The molecule has 0 saturated heterocycles. The molecule has 0 N–H and O–H groups in total. The van der Waals surface area contributed by atoms with E-state index < -0.39 is 66.5 Å². The lowest BCUT2D eigenvalue weighted by Gasteiger charge is -2.19. The Hall–Kier alpha value is -5.20. The summed E-state index contributed by atoms with van der Waals surface area (Å²) in [5, 5.41) is 2.28. The Balaban J connectivity index is 1.42. The van der Waals surface area contributed by atoms with Gasteiger partial charge >= 0.3 is 0 Å². The molecule has 186 valence electrons. The monoisotopic (exact) mass is 520 g/mol. The van der Waals surface area contributed by atoms with Gasteiger partial charge in [0.25, 0.3) is 0 Å². The minimum atomic E-state index is -0.535. The highest BCUT2D eigenvalue weighted by Gasteiger charge is 2.17. The molecule has 0 atom stereocenters. The van der Waals surface area contributed by atoms with Crippen LogP contribution in [0.2, 0.25) is 0 Å². The Kier molecular flexibility index (Phi) is 2.94. The maximum atomic E-state index is 9.12. The quantitative estimate of drug-likeness (QED) is 0.203. The van der Waals surface area contributed by atoms with E-state index in [1.54, 1.807) is 24.3 Å². The van der Waals surface area contributed by atoms with Crippen LogP contribution in [0, 0.1) is 0 Å². The first-order valence-corrected chi connectivity index (χ1v) is 12.7. The predicted octanol–water partition coefficient (Wildman–Crippen LogP) is 11.3. The Morgan fingerprint density at radius 2 is 0.900 bits per heavy atom. The van der Waals surface area contributed by atoms with Crippen molar-refractivity contribution in [1.29, 1.82) is 0 Å². The van der Waals surface area contributed by atoms with Crippen LogP contribution in [0.3, 0.4) is 0 Å². The van der Waals surface area contributed by atoms with Crippen molar-refractivity contribution < 1.29 is 19.2 Å². The van der Waals surface area contributed by atoms with Crippen molar-refractivity contribution in [2.75, 3.05) is 0 Å². The molecule has 0 fully saturated rings. The van der Waals surface area contributed by atoms with Crippen molar-refractivity contribution in [2.24, 2.45) is 0 Å². The van der Waals surface area contributed by atoms with Crippen molar-refractivity contribution in [1.82, 2.24) is 0 Å². The second-order valence-corrected chi connectivity index (χ2v) is 9.42. The molecule has 0 amide bonds. The van der Waals surface area contributed by atoms with Crippen LogP contribution >= 0.6 is 0 Å². The molecule has 0 bridgehead atoms. The summed E-state index contributed by atoms with van der Waals surface area (Å²) < 4.78 is 120. The maximum Gasteiger partial charge on any atom is 0.0636 e. The summed E-state index contributed by atoms with van der Waals surface area (Å²) in [5.41, 5.74) is 2.57. The molecule has 8 rings (SSSR count). The van der Waals surface area contributed by atoms with Gasteiger partial charge in [-0.25, -0.2) is 0 Å². The van der Waals surface area contributed by atoms with Gasteiger partial charge in [-0.1, -0.05) is 151 Å². The summed E-state index contributed by atoms with van der Waals surface area (Å²) in [6, 6.07) is 15.6. The van der Waals surface area contributed by atoms with Gasteiger partial charge in [-0.2, -0.15) is 0 Å². The first-order valence-electron chi connectivity index (χ1n) is 19.7. The minimum absolute atomic E-state index is 0.00851. The Labute approximate surface area is 253 Å². The molecule has 0 aromatic heterocycles. The summed E-state index contributed by atoms with van der Waals surface area (Å²) in [6.07, 6.45) is 0. The van der Waals surface area contributed by atoms with Crippen molar-refractivity contribution >= 4 is 43.1 Å². The normalized spacial score (nSPS) is 16.4. The number of hydrogen-bond donors (Lipinski definition) is 0. The Morgan fingerprint density at radius 3 is 1.60 bits per heavy atom. The van der Waals surface area contributed by atoms with Gasteiger partial charge in [-0.15, -0.1) is 0 Å². The van der Waals surface area contributed by atoms with Crippen LogP contribution in [-0.4, -0.2) is 0 Å². The maximum absolute atomic E-state index is 9.12. The van der Waals surface area contributed by atoms with Gasteiger partial charge in [0.1, 0.15) is 0 Å². The first-order chi connectivity index (χ1) is 25.7. The van der Waals surface area contributed by atoms with Crippen LogP contribution in [0.4, 0.5) is 0 Å². The highest BCUT2D eigenvalue weighted by molar-refractivity contribution is 6.23. The zero-order valence-corrected chi connectivity index (χ0v) is 20.9. The molecule has 0 saturated carbocycles. The lowest BCUT2D eigenvalue weighted by atomic mass is 9.84. The summed E-state index contributed by atoms with van der Waals surface area (Å²) in [4.78, 5) is 0. The molecule has 0 nitrogen and oxygen atoms in total. The Morgan fingerprint density at radius 1 is 0.350 bits per heavy atom. The average molecular weight is 521 g/mol. The summed E-state index contributed by atoms with van der Waals surface area (Å²) >= 11 is 0. The molecule has 0 radical (unpaired) electrons. The first kappa shape index (κ1) is 12.8. The third kappa shape index (κ3) is 3.61. The number of rotatable bonds is 3. The highest BCUT2D eigenvalue weighted by atomic mass is 14.2. The lowest BCUT2D eigenvalue weighted by Crippen LogP contribution is -1.91. The highest BCUT2D eigenvalue weighted by Crippen LogP contribution is 2.45. The van der Waals surface area contributed by atoms with Gasteiger partial charge in [0.2, 0.25) is 0 Å². The van der Waals surface area contributed by atoms with Gasteiger partial charge in [0.15, 0.2) is 0 Å². The molecular weight excluding hydrogens is 480 g/mol. The average Bonchev–Trinajstić information content (AvgIpc) is 3.17. The van der Waals surface area contributed by atoms with Crippen LogP contribution < -0.4 is 0 Å². The molecule has 0 heteroatoms. The van der Waals surface area contributed by atoms with Crippen molar-refractivity contribution in [3.8, 4) is 33.4 Å². The topological polar surface area (TPSA) is 0 Å². The molecule has 40 heavy (non-hydrogen) atoms. The standard InChI is InChI=1S/C40H26/c1-2-12-31-26-32(25-22-27(31)10-1)28-20-23-30(24-21-28)39-35-15-5-7-17-37(35)40(38-18-8-6-16-36(38)39)34-19-9-13-29-11-3-4-14-33(29)34/h1-26H/i1D,2D,3D,4D,9D,10D,11D,12D,13D,14D,19D,22D,25D,26D. The smallest absolute Gasteiger partial charge is 0.0616 e. The van der Waals surface area contributed by atoms with Crippen LogP contribution in [0.25, 0.3) is 76.5 Å². The minimum Gasteiger partial charge on any atom is -0.0616 e. The fourth-order valence-corrected chi connectivity index (χ4v) is 5.44. The lowest BCUT2D eigenvalue weighted by molar-refractivity contribution is 1.63. The van der Waals surface area contributed by atoms with Gasteiger partial charge in [-0.05, 0) is 82.5 Å². The third-order valence-corrected chi connectivity index (χ3v) is 7.21. The van der Waals surface area contributed by atoms with Crippen LogP contribution in [0.15, 0.2) is 157 Å². The van der Waals surface area contributed by atoms with E-state index in [2.05, 4.69) is 0 Å².